The molecule has 0 spiro atoms. The predicted molar refractivity (Wildman–Crippen MR) is 133 cm³/mol. The van der Waals surface area contributed by atoms with Crippen molar-refractivity contribution in [2.45, 2.75) is 51.1 Å². The summed E-state index contributed by atoms with van der Waals surface area (Å²) in [5.41, 5.74) is 5.34. The molecule has 0 amide bonds. The number of ether oxygens (including phenoxy) is 3. The molecule has 0 radical (unpaired) electrons. The van der Waals surface area contributed by atoms with Gasteiger partial charge < -0.3 is 24.6 Å². The Labute approximate surface area is 203 Å². The summed E-state index contributed by atoms with van der Waals surface area (Å²) in [7, 11) is 5.06. The van der Waals surface area contributed by atoms with Gasteiger partial charge in [0.25, 0.3) is 0 Å². The molecule has 3 heterocycles. The van der Waals surface area contributed by atoms with Crippen LogP contribution in [0.4, 0.5) is 0 Å². The van der Waals surface area contributed by atoms with Crippen molar-refractivity contribution >= 4 is 0 Å². The Balaban J connectivity index is 1.43. The van der Waals surface area contributed by atoms with E-state index in [1.165, 1.54) is 28.7 Å². The number of piperidine rings is 1. The van der Waals surface area contributed by atoms with Gasteiger partial charge in [0, 0.05) is 25.2 Å². The molecule has 3 aliphatic heterocycles. The third-order valence-electron chi connectivity index (χ3n) is 8.44. The number of phenolic OH excluding ortho intramolecular Hbond substituents is 1. The number of hydrogen-bond donors (Lipinski definition) is 2. The molecule has 5 rings (SSSR count). The minimum atomic E-state index is 0.241. The maximum absolute atomic E-state index is 10.3. The first-order valence-electron chi connectivity index (χ1n) is 12.7. The van der Waals surface area contributed by atoms with E-state index >= 15 is 0 Å². The quantitative estimate of drug-likeness (QED) is 0.647. The Hall–Kier alpha value is -2.44. The fourth-order valence-corrected chi connectivity index (χ4v) is 6.59. The molecule has 1 fully saturated rings. The second-order valence-corrected chi connectivity index (χ2v) is 10.0. The lowest BCUT2D eigenvalue weighted by atomic mass is 9.72. The summed E-state index contributed by atoms with van der Waals surface area (Å²) in [6.45, 7) is 5.55. The van der Waals surface area contributed by atoms with Crippen LogP contribution >= 0.6 is 0 Å². The minimum Gasteiger partial charge on any atom is -0.504 e. The van der Waals surface area contributed by atoms with Crippen LogP contribution in [0.5, 0.6) is 23.0 Å². The monoisotopic (exact) mass is 466 g/mol. The van der Waals surface area contributed by atoms with Gasteiger partial charge in [0.2, 0.25) is 0 Å². The molecule has 0 saturated carbocycles. The summed E-state index contributed by atoms with van der Waals surface area (Å²) < 4.78 is 16.7. The molecule has 4 atom stereocenters. The Morgan fingerprint density at radius 3 is 2.35 bits per heavy atom. The van der Waals surface area contributed by atoms with E-state index in [-0.39, 0.29) is 11.8 Å². The van der Waals surface area contributed by atoms with Crippen molar-refractivity contribution in [1.82, 2.24) is 10.2 Å². The van der Waals surface area contributed by atoms with E-state index in [0.717, 1.165) is 56.8 Å². The summed E-state index contributed by atoms with van der Waals surface area (Å²) in [5, 5.41) is 14.1. The third kappa shape index (κ3) is 4.11. The van der Waals surface area contributed by atoms with Crippen LogP contribution in [0.3, 0.4) is 0 Å². The van der Waals surface area contributed by atoms with Crippen LogP contribution in [-0.2, 0) is 12.8 Å². The van der Waals surface area contributed by atoms with E-state index in [9.17, 15) is 5.11 Å². The molecule has 0 aliphatic carbocycles. The number of benzene rings is 2. The van der Waals surface area contributed by atoms with E-state index in [1.54, 1.807) is 21.3 Å². The van der Waals surface area contributed by atoms with Gasteiger partial charge in [0.1, 0.15) is 0 Å². The van der Waals surface area contributed by atoms with E-state index < -0.39 is 0 Å². The van der Waals surface area contributed by atoms with E-state index in [1.807, 2.05) is 12.1 Å². The molecule has 6 heteroatoms. The number of aromatic hydroxyl groups is 1. The first-order chi connectivity index (χ1) is 16.6. The molecular weight excluding hydrogens is 428 g/mol. The molecule has 2 aromatic rings. The molecule has 2 N–H and O–H groups in total. The third-order valence-corrected chi connectivity index (χ3v) is 8.44. The molecule has 1 saturated heterocycles. The second kappa shape index (κ2) is 9.67. The normalized spacial score (nSPS) is 26.2. The molecule has 0 aromatic heterocycles. The fraction of sp³-hybridized carbons (Fsp3) is 0.571. The van der Waals surface area contributed by atoms with Crippen molar-refractivity contribution in [2.75, 3.05) is 41.0 Å². The number of hydrogen-bond acceptors (Lipinski definition) is 6. The van der Waals surface area contributed by atoms with Gasteiger partial charge in [-0.05, 0) is 90.6 Å². The summed E-state index contributed by atoms with van der Waals surface area (Å²) in [4.78, 5) is 2.70. The lowest BCUT2D eigenvalue weighted by Crippen LogP contribution is -2.46. The zero-order valence-electron chi connectivity index (χ0n) is 20.9. The molecule has 34 heavy (non-hydrogen) atoms. The zero-order chi connectivity index (χ0) is 23.8. The SMILES string of the molecule is CC[C@@H]1CN2CCc3cc(OC)c(OC)cc3[C@H]2C[C@H]1C[C@@H]1NCCc2cc(O)c(OC)cc21. The Morgan fingerprint density at radius 2 is 1.62 bits per heavy atom. The highest BCUT2D eigenvalue weighted by atomic mass is 16.5. The average molecular weight is 467 g/mol. The minimum absolute atomic E-state index is 0.241. The van der Waals surface area contributed by atoms with Crippen LogP contribution in [0.25, 0.3) is 0 Å². The van der Waals surface area contributed by atoms with Crippen LogP contribution < -0.4 is 19.5 Å². The van der Waals surface area contributed by atoms with Crippen LogP contribution in [0.1, 0.15) is 60.5 Å². The van der Waals surface area contributed by atoms with E-state index in [0.29, 0.717) is 23.6 Å². The van der Waals surface area contributed by atoms with Gasteiger partial charge in [0.15, 0.2) is 23.0 Å². The Bertz CT molecular complexity index is 1040. The first kappa shape index (κ1) is 23.3. The molecule has 0 unspecified atom stereocenters. The van der Waals surface area contributed by atoms with Crippen LogP contribution in [0, 0.1) is 11.8 Å². The maximum Gasteiger partial charge on any atom is 0.161 e. The van der Waals surface area contributed by atoms with Gasteiger partial charge in [0.05, 0.1) is 21.3 Å². The first-order valence-corrected chi connectivity index (χ1v) is 12.7. The highest BCUT2D eigenvalue weighted by molar-refractivity contribution is 5.50. The lowest BCUT2D eigenvalue weighted by molar-refractivity contribution is 0.0434. The number of phenols is 1. The van der Waals surface area contributed by atoms with Crippen molar-refractivity contribution in [3.63, 3.8) is 0 Å². The fourth-order valence-electron chi connectivity index (χ4n) is 6.59. The number of fused-ring (bicyclic) bond motifs is 4. The number of nitrogens with zero attached hydrogens (tertiary/aromatic N) is 1. The largest absolute Gasteiger partial charge is 0.504 e. The molecule has 0 bridgehead atoms. The van der Waals surface area contributed by atoms with Gasteiger partial charge in [-0.1, -0.05) is 13.3 Å². The summed E-state index contributed by atoms with van der Waals surface area (Å²) >= 11 is 0. The molecule has 6 nitrogen and oxygen atoms in total. The predicted octanol–water partition coefficient (Wildman–Crippen LogP) is 4.64. The van der Waals surface area contributed by atoms with Crippen LogP contribution in [0.15, 0.2) is 24.3 Å². The maximum atomic E-state index is 10.3. The van der Waals surface area contributed by atoms with Gasteiger partial charge >= 0.3 is 0 Å². The summed E-state index contributed by atoms with van der Waals surface area (Å²) in [6.07, 6.45) is 5.46. The van der Waals surface area contributed by atoms with E-state index in [2.05, 4.69) is 29.3 Å². The second-order valence-electron chi connectivity index (χ2n) is 10.0. The molecular formula is C28H38N2O4. The summed E-state index contributed by atoms with van der Waals surface area (Å²) in [6, 6.07) is 9.06. The average Bonchev–Trinajstić information content (AvgIpc) is 2.87. The number of methoxy groups -OCH3 is 3. The van der Waals surface area contributed by atoms with Crippen molar-refractivity contribution in [3.8, 4) is 23.0 Å². The van der Waals surface area contributed by atoms with Crippen molar-refractivity contribution < 1.29 is 19.3 Å². The van der Waals surface area contributed by atoms with Gasteiger partial charge in [-0.15, -0.1) is 0 Å². The number of rotatable bonds is 6. The topological polar surface area (TPSA) is 63.2 Å². The van der Waals surface area contributed by atoms with Gasteiger partial charge in [-0.2, -0.15) is 0 Å². The van der Waals surface area contributed by atoms with E-state index in [4.69, 9.17) is 14.2 Å². The van der Waals surface area contributed by atoms with Crippen molar-refractivity contribution in [2.24, 2.45) is 11.8 Å². The van der Waals surface area contributed by atoms with Crippen molar-refractivity contribution in [3.05, 3.63) is 46.5 Å². The highest BCUT2D eigenvalue weighted by Gasteiger charge is 2.40. The van der Waals surface area contributed by atoms with Crippen LogP contribution in [-0.4, -0.2) is 51.0 Å². The zero-order valence-corrected chi connectivity index (χ0v) is 20.9. The lowest BCUT2D eigenvalue weighted by Gasteiger charge is -2.48. The highest BCUT2D eigenvalue weighted by Crippen LogP contribution is 2.47. The Kier molecular flexibility index (Phi) is 6.63. The van der Waals surface area contributed by atoms with Crippen LogP contribution in [0.2, 0.25) is 0 Å². The molecule has 184 valence electrons. The van der Waals surface area contributed by atoms with Crippen molar-refractivity contribution in [1.29, 1.82) is 0 Å². The Morgan fingerprint density at radius 1 is 0.912 bits per heavy atom. The standard InChI is InChI=1S/C28H38N2O4/c1-5-17-16-30-9-7-19-13-27(33-3)28(34-4)15-22(19)24(30)11-20(17)10-23-21-14-26(32-2)25(31)12-18(21)6-8-29-23/h12-15,17,20,23-24,29,31H,5-11,16H2,1-4H3/t17-,20-,23+,24-/m1/s1. The summed E-state index contributed by atoms with van der Waals surface area (Å²) in [5.74, 6) is 3.76. The smallest absolute Gasteiger partial charge is 0.161 e. The number of nitrogens with one attached hydrogen (secondary N) is 1. The van der Waals surface area contributed by atoms with Gasteiger partial charge in [-0.3, -0.25) is 4.90 Å². The molecule has 3 aliphatic rings. The van der Waals surface area contributed by atoms with Gasteiger partial charge in [-0.25, -0.2) is 0 Å². The molecule has 2 aromatic carbocycles.